The molecule has 1 fully saturated rings. The number of methoxy groups -OCH3 is 1. The Labute approximate surface area is 136 Å². The molecule has 2 aromatic rings. The lowest BCUT2D eigenvalue weighted by Gasteiger charge is -2.20. The monoisotopic (exact) mass is 337 g/mol. The molecule has 1 aromatic carbocycles. The number of benzene rings is 1. The van der Waals surface area contributed by atoms with Crippen molar-refractivity contribution in [2.45, 2.75) is 25.5 Å². The molecule has 0 saturated carbocycles. The third-order valence-electron chi connectivity index (χ3n) is 4.23. The number of halogens is 1. The number of carboxylic acid groups (broad SMARTS) is 1. The highest BCUT2D eigenvalue weighted by Gasteiger charge is 2.41. The number of ether oxygens (including phenoxy) is 1. The molecule has 1 aliphatic heterocycles. The Bertz CT molecular complexity index is 788. The molecule has 0 aliphatic carbocycles. The lowest BCUT2D eigenvalue weighted by molar-refractivity contribution is -0.141. The van der Waals surface area contributed by atoms with Gasteiger partial charge in [-0.05, 0) is 36.1 Å². The number of carbonyl (C=O) groups is 2. The van der Waals surface area contributed by atoms with E-state index in [0.717, 1.165) is 4.70 Å². The van der Waals surface area contributed by atoms with Crippen LogP contribution in [0.2, 0.25) is 0 Å². The summed E-state index contributed by atoms with van der Waals surface area (Å²) >= 11 is 1.26. The number of carbonyl (C=O) groups excluding carboxylic acids is 1. The molecular weight excluding hydrogens is 321 g/mol. The molecule has 7 heteroatoms. The van der Waals surface area contributed by atoms with E-state index in [-0.39, 0.29) is 30.8 Å². The minimum Gasteiger partial charge on any atom is -0.480 e. The summed E-state index contributed by atoms with van der Waals surface area (Å²) in [5.41, 5.74) is 0.680. The Morgan fingerprint density at radius 3 is 2.83 bits per heavy atom. The second-order valence-electron chi connectivity index (χ2n) is 5.60. The molecule has 1 amide bonds. The lowest BCUT2D eigenvalue weighted by Crippen LogP contribution is -2.40. The van der Waals surface area contributed by atoms with E-state index in [1.165, 1.54) is 35.5 Å². The number of amides is 1. The predicted octanol–water partition coefficient (Wildman–Crippen LogP) is 2.66. The molecule has 1 aliphatic rings. The fraction of sp³-hybridized carbons (Fsp3) is 0.375. The van der Waals surface area contributed by atoms with Crippen molar-refractivity contribution in [3.8, 4) is 0 Å². The van der Waals surface area contributed by atoms with Gasteiger partial charge in [0.25, 0.3) is 5.91 Å². The Morgan fingerprint density at radius 2 is 2.17 bits per heavy atom. The normalized spacial score (nSPS) is 21.1. The molecule has 122 valence electrons. The minimum atomic E-state index is -1.04. The molecule has 2 unspecified atom stereocenters. The van der Waals surface area contributed by atoms with E-state index >= 15 is 0 Å². The molecule has 0 radical (unpaired) electrons. The van der Waals surface area contributed by atoms with E-state index in [9.17, 15) is 19.1 Å². The van der Waals surface area contributed by atoms with Crippen molar-refractivity contribution in [1.82, 2.24) is 4.90 Å². The molecule has 1 N–H and O–H groups in total. The summed E-state index contributed by atoms with van der Waals surface area (Å²) in [4.78, 5) is 26.0. The lowest BCUT2D eigenvalue weighted by atomic mass is 10.1. The van der Waals surface area contributed by atoms with E-state index in [0.29, 0.717) is 15.8 Å². The predicted molar refractivity (Wildman–Crippen MR) is 84.4 cm³/mol. The van der Waals surface area contributed by atoms with Crippen molar-refractivity contribution in [2.24, 2.45) is 0 Å². The number of carboxylic acids is 1. The van der Waals surface area contributed by atoms with Gasteiger partial charge in [-0.1, -0.05) is 0 Å². The highest BCUT2D eigenvalue weighted by Crippen LogP contribution is 2.34. The molecule has 0 bridgehead atoms. The van der Waals surface area contributed by atoms with Crippen LogP contribution in [0, 0.1) is 12.7 Å². The first-order valence-electron chi connectivity index (χ1n) is 7.17. The fourth-order valence-corrected chi connectivity index (χ4v) is 4.10. The van der Waals surface area contributed by atoms with Gasteiger partial charge in [-0.3, -0.25) is 4.79 Å². The third kappa shape index (κ3) is 2.70. The molecule has 23 heavy (non-hydrogen) atoms. The number of likely N-dealkylation sites (tertiary alicyclic amines) is 1. The maximum absolute atomic E-state index is 13.4. The summed E-state index contributed by atoms with van der Waals surface area (Å²) in [5, 5.41) is 10.0. The van der Waals surface area contributed by atoms with Crippen LogP contribution in [0.1, 0.15) is 21.7 Å². The van der Waals surface area contributed by atoms with Crippen LogP contribution in [-0.4, -0.2) is 47.7 Å². The van der Waals surface area contributed by atoms with Gasteiger partial charge in [0.05, 0.1) is 11.0 Å². The molecule has 2 atom stereocenters. The van der Waals surface area contributed by atoms with Crippen molar-refractivity contribution < 1.29 is 23.8 Å². The van der Waals surface area contributed by atoms with E-state index in [1.807, 2.05) is 0 Å². The van der Waals surface area contributed by atoms with Gasteiger partial charge in [0.2, 0.25) is 0 Å². The second kappa shape index (κ2) is 5.90. The molecular formula is C16H16FNO4S. The number of thiophene rings is 1. The number of nitrogens with zero attached hydrogens (tertiary/aromatic N) is 1. The summed E-state index contributed by atoms with van der Waals surface area (Å²) in [6.07, 6.45) is -0.0111. The highest BCUT2D eigenvalue weighted by molar-refractivity contribution is 7.21. The van der Waals surface area contributed by atoms with Crippen LogP contribution in [-0.2, 0) is 9.53 Å². The van der Waals surface area contributed by atoms with E-state index < -0.39 is 12.0 Å². The second-order valence-corrected chi connectivity index (χ2v) is 6.65. The largest absolute Gasteiger partial charge is 0.480 e. The first-order chi connectivity index (χ1) is 10.9. The van der Waals surface area contributed by atoms with Gasteiger partial charge in [-0.25, -0.2) is 9.18 Å². The minimum absolute atomic E-state index is 0.244. The first-order valence-corrected chi connectivity index (χ1v) is 7.99. The highest BCUT2D eigenvalue weighted by atomic mass is 32.1. The molecule has 0 spiro atoms. The SMILES string of the molecule is COC1CC(C(=O)O)N(C(=O)c2sc3ccc(F)cc3c2C)C1. The summed E-state index contributed by atoms with van der Waals surface area (Å²) in [6, 6.07) is 3.49. The van der Waals surface area contributed by atoms with Crippen molar-refractivity contribution in [2.75, 3.05) is 13.7 Å². The summed E-state index contributed by atoms with van der Waals surface area (Å²) in [5.74, 6) is -1.74. The van der Waals surface area contributed by atoms with Crippen LogP contribution in [0.15, 0.2) is 18.2 Å². The zero-order valence-corrected chi connectivity index (χ0v) is 13.5. The zero-order valence-electron chi connectivity index (χ0n) is 12.7. The Balaban J connectivity index is 1.99. The standard InChI is InChI=1S/C16H16FNO4S/c1-8-11-5-9(17)3-4-13(11)23-14(8)15(19)18-7-10(22-2)6-12(18)16(20)21/h3-5,10,12H,6-7H2,1-2H3,(H,20,21). The van der Waals surface area contributed by atoms with Gasteiger partial charge >= 0.3 is 5.97 Å². The number of rotatable bonds is 3. The first kappa shape index (κ1) is 15.9. The Kier molecular flexibility index (Phi) is 4.08. The molecule has 1 saturated heterocycles. The quantitative estimate of drug-likeness (QED) is 0.935. The van der Waals surface area contributed by atoms with Gasteiger partial charge in [0.1, 0.15) is 11.9 Å². The smallest absolute Gasteiger partial charge is 0.326 e. The fourth-order valence-electron chi connectivity index (χ4n) is 2.95. The van der Waals surface area contributed by atoms with E-state index in [1.54, 1.807) is 13.0 Å². The van der Waals surface area contributed by atoms with Gasteiger partial charge in [0, 0.05) is 24.8 Å². The zero-order chi connectivity index (χ0) is 16.7. The summed E-state index contributed by atoms with van der Waals surface area (Å²) in [6.45, 7) is 2.00. The molecule has 2 heterocycles. The number of aliphatic carboxylic acids is 1. The van der Waals surface area contributed by atoms with Crippen LogP contribution in [0.25, 0.3) is 10.1 Å². The maximum atomic E-state index is 13.4. The van der Waals surface area contributed by atoms with Crippen molar-refractivity contribution in [3.63, 3.8) is 0 Å². The number of fused-ring (bicyclic) bond motifs is 1. The Morgan fingerprint density at radius 1 is 1.43 bits per heavy atom. The number of hydrogen-bond donors (Lipinski definition) is 1. The van der Waals surface area contributed by atoms with Crippen molar-refractivity contribution in [3.05, 3.63) is 34.5 Å². The van der Waals surface area contributed by atoms with Crippen LogP contribution < -0.4 is 0 Å². The van der Waals surface area contributed by atoms with Gasteiger partial charge in [-0.15, -0.1) is 11.3 Å². The van der Waals surface area contributed by atoms with Crippen LogP contribution >= 0.6 is 11.3 Å². The summed E-state index contributed by atoms with van der Waals surface area (Å²) < 4.78 is 19.4. The molecule has 1 aromatic heterocycles. The van der Waals surface area contributed by atoms with E-state index in [2.05, 4.69) is 0 Å². The van der Waals surface area contributed by atoms with E-state index in [4.69, 9.17) is 4.74 Å². The van der Waals surface area contributed by atoms with Crippen LogP contribution in [0.4, 0.5) is 4.39 Å². The van der Waals surface area contributed by atoms with Crippen LogP contribution in [0.5, 0.6) is 0 Å². The Hall–Kier alpha value is -1.99. The molecule has 3 rings (SSSR count). The van der Waals surface area contributed by atoms with Crippen molar-refractivity contribution >= 4 is 33.3 Å². The van der Waals surface area contributed by atoms with Gasteiger partial charge < -0.3 is 14.7 Å². The van der Waals surface area contributed by atoms with Gasteiger partial charge in [0.15, 0.2) is 0 Å². The number of hydrogen-bond acceptors (Lipinski definition) is 4. The summed E-state index contributed by atoms with van der Waals surface area (Å²) in [7, 11) is 1.50. The third-order valence-corrected chi connectivity index (χ3v) is 5.50. The average Bonchev–Trinajstić information content (AvgIpc) is 3.09. The maximum Gasteiger partial charge on any atom is 0.326 e. The average molecular weight is 337 g/mol. The molecule has 5 nitrogen and oxygen atoms in total. The van der Waals surface area contributed by atoms with Crippen molar-refractivity contribution in [1.29, 1.82) is 0 Å². The van der Waals surface area contributed by atoms with Gasteiger partial charge in [-0.2, -0.15) is 0 Å². The number of aryl methyl sites for hydroxylation is 1. The topological polar surface area (TPSA) is 66.8 Å². The van der Waals surface area contributed by atoms with Crippen LogP contribution in [0.3, 0.4) is 0 Å².